The maximum atomic E-state index is 12.4. The minimum absolute atomic E-state index is 0.0275. The normalized spacial score (nSPS) is 11.6. The topological polar surface area (TPSA) is 84.0 Å². The molecule has 0 aliphatic rings. The molecule has 1 unspecified atom stereocenters. The molecular weight excluding hydrogens is 396 g/mol. The maximum Gasteiger partial charge on any atom is 0.286 e. The smallest absolute Gasteiger partial charge is 0.286 e. The molecule has 1 heterocycles. The van der Waals surface area contributed by atoms with E-state index in [1.54, 1.807) is 24.3 Å². The number of rotatable bonds is 7. The monoisotopic (exact) mass is 414 g/mol. The van der Waals surface area contributed by atoms with Gasteiger partial charge in [-0.1, -0.05) is 59.3 Å². The van der Waals surface area contributed by atoms with Crippen molar-refractivity contribution >= 4 is 40.4 Å². The zero-order valence-corrected chi connectivity index (χ0v) is 16.8. The number of anilines is 1. The lowest BCUT2D eigenvalue weighted by molar-refractivity contribution is 0.0936. The highest BCUT2D eigenvalue weighted by Gasteiger charge is 2.19. The number of amides is 2. The molecule has 2 amide bonds. The summed E-state index contributed by atoms with van der Waals surface area (Å²) in [4.78, 5) is 24.6. The van der Waals surface area contributed by atoms with Crippen LogP contribution in [0.15, 0.2) is 54.6 Å². The fraction of sp³-hybridized carbons (Fsp3) is 0.200. The van der Waals surface area contributed by atoms with Crippen molar-refractivity contribution in [2.24, 2.45) is 0 Å². The Bertz CT molecular complexity index is 962. The van der Waals surface area contributed by atoms with Crippen LogP contribution in [-0.4, -0.2) is 28.1 Å². The lowest BCUT2D eigenvalue weighted by Gasteiger charge is -2.12. The first-order chi connectivity index (χ1) is 13.5. The Labute approximate surface area is 172 Å². The standard InChI is InChI=1S/C20H19ClN4O2S/c1-13(10-11-14-6-3-2-4-7-14)22-17(26)19-24-25-20(28-19)18(27)23-16-9-5-8-15(21)12-16/h2-9,12-13H,10-11H2,1H3,(H,22,26)(H,23,27). The molecule has 2 N–H and O–H groups in total. The fourth-order valence-electron chi connectivity index (χ4n) is 2.54. The van der Waals surface area contributed by atoms with E-state index in [0.29, 0.717) is 10.7 Å². The van der Waals surface area contributed by atoms with Crippen molar-refractivity contribution in [3.8, 4) is 0 Å². The minimum Gasteiger partial charge on any atom is -0.347 e. The maximum absolute atomic E-state index is 12.4. The molecule has 0 radical (unpaired) electrons. The lowest BCUT2D eigenvalue weighted by atomic mass is 10.1. The highest BCUT2D eigenvalue weighted by molar-refractivity contribution is 7.15. The Kier molecular flexibility index (Phi) is 6.73. The van der Waals surface area contributed by atoms with Crippen molar-refractivity contribution in [1.29, 1.82) is 0 Å². The summed E-state index contributed by atoms with van der Waals surface area (Å²) in [5.74, 6) is -0.768. The van der Waals surface area contributed by atoms with Gasteiger partial charge in [-0.3, -0.25) is 9.59 Å². The molecule has 1 atom stereocenters. The van der Waals surface area contributed by atoms with Gasteiger partial charge in [-0.25, -0.2) is 0 Å². The van der Waals surface area contributed by atoms with E-state index in [9.17, 15) is 9.59 Å². The van der Waals surface area contributed by atoms with Crippen molar-refractivity contribution in [3.05, 3.63) is 75.2 Å². The molecule has 0 bridgehead atoms. The van der Waals surface area contributed by atoms with E-state index >= 15 is 0 Å². The van der Waals surface area contributed by atoms with Crippen molar-refractivity contribution in [3.63, 3.8) is 0 Å². The van der Waals surface area contributed by atoms with E-state index < -0.39 is 5.91 Å². The van der Waals surface area contributed by atoms with Crippen molar-refractivity contribution in [2.75, 3.05) is 5.32 Å². The van der Waals surface area contributed by atoms with Crippen LogP contribution in [0.5, 0.6) is 0 Å². The molecule has 0 spiro atoms. The molecule has 2 aromatic carbocycles. The van der Waals surface area contributed by atoms with Gasteiger partial charge in [-0.05, 0) is 43.5 Å². The largest absolute Gasteiger partial charge is 0.347 e. The highest BCUT2D eigenvalue weighted by atomic mass is 35.5. The Morgan fingerprint density at radius 3 is 2.46 bits per heavy atom. The average molecular weight is 415 g/mol. The molecule has 1 aromatic heterocycles. The van der Waals surface area contributed by atoms with Crippen LogP contribution in [0.25, 0.3) is 0 Å². The molecule has 0 saturated heterocycles. The summed E-state index contributed by atoms with van der Waals surface area (Å²) in [6.07, 6.45) is 1.67. The summed E-state index contributed by atoms with van der Waals surface area (Å²) in [6, 6.07) is 16.8. The van der Waals surface area contributed by atoms with Gasteiger partial charge in [0.15, 0.2) is 0 Å². The Morgan fingerprint density at radius 1 is 1.04 bits per heavy atom. The number of benzene rings is 2. The summed E-state index contributed by atoms with van der Waals surface area (Å²) in [6.45, 7) is 1.94. The minimum atomic E-state index is -0.434. The van der Waals surface area contributed by atoms with Gasteiger partial charge in [0.2, 0.25) is 10.0 Å². The molecule has 28 heavy (non-hydrogen) atoms. The average Bonchev–Trinajstić information content (AvgIpc) is 3.18. The third-order valence-corrected chi connectivity index (χ3v) is 5.14. The van der Waals surface area contributed by atoms with E-state index in [1.807, 2.05) is 25.1 Å². The first kappa shape index (κ1) is 20.0. The summed E-state index contributed by atoms with van der Waals surface area (Å²) in [5.41, 5.74) is 1.77. The molecule has 8 heteroatoms. The number of aryl methyl sites for hydroxylation is 1. The van der Waals surface area contributed by atoms with Gasteiger partial charge in [0.05, 0.1) is 0 Å². The number of nitrogens with one attached hydrogen (secondary N) is 2. The predicted molar refractivity (Wildman–Crippen MR) is 111 cm³/mol. The second-order valence-corrected chi connectivity index (χ2v) is 7.69. The predicted octanol–water partition coefficient (Wildman–Crippen LogP) is 4.19. The summed E-state index contributed by atoms with van der Waals surface area (Å²) < 4.78 is 0. The number of hydrogen-bond donors (Lipinski definition) is 2. The van der Waals surface area contributed by atoms with Gasteiger partial charge in [0.25, 0.3) is 11.8 Å². The van der Waals surface area contributed by atoms with Crippen LogP contribution in [0.4, 0.5) is 5.69 Å². The van der Waals surface area contributed by atoms with Gasteiger partial charge >= 0.3 is 0 Å². The van der Waals surface area contributed by atoms with E-state index in [4.69, 9.17) is 11.6 Å². The molecule has 0 aliphatic carbocycles. The highest BCUT2D eigenvalue weighted by Crippen LogP contribution is 2.17. The second kappa shape index (κ2) is 9.43. The first-order valence-electron chi connectivity index (χ1n) is 8.76. The number of aromatic nitrogens is 2. The van der Waals surface area contributed by atoms with Crippen LogP contribution in [0.3, 0.4) is 0 Å². The van der Waals surface area contributed by atoms with Crippen molar-refractivity contribution in [1.82, 2.24) is 15.5 Å². The van der Waals surface area contributed by atoms with Crippen molar-refractivity contribution in [2.45, 2.75) is 25.8 Å². The second-order valence-electron chi connectivity index (χ2n) is 6.28. The van der Waals surface area contributed by atoms with Gasteiger partial charge in [0, 0.05) is 16.8 Å². The van der Waals surface area contributed by atoms with Crippen LogP contribution in [0.2, 0.25) is 5.02 Å². The number of hydrogen-bond acceptors (Lipinski definition) is 5. The first-order valence-corrected chi connectivity index (χ1v) is 9.96. The Hall–Kier alpha value is -2.77. The summed E-state index contributed by atoms with van der Waals surface area (Å²) >= 11 is 6.85. The van der Waals surface area contributed by atoms with Crippen LogP contribution in [-0.2, 0) is 6.42 Å². The quantitative estimate of drug-likeness (QED) is 0.607. The van der Waals surface area contributed by atoms with Gasteiger partial charge < -0.3 is 10.6 Å². The van der Waals surface area contributed by atoms with Gasteiger partial charge in [-0.15, -0.1) is 10.2 Å². The Morgan fingerprint density at radius 2 is 1.75 bits per heavy atom. The zero-order valence-electron chi connectivity index (χ0n) is 15.2. The zero-order chi connectivity index (χ0) is 19.9. The van der Waals surface area contributed by atoms with E-state index in [2.05, 4.69) is 33.0 Å². The summed E-state index contributed by atoms with van der Waals surface area (Å²) in [7, 11) is 0. The molecule has 3 rings (SSSR count). The van der Waals surface area contributed by atoms with Gasteiger partial charge in [0.1, 0.15) is 0 Å². The van der Waals surface area contributed by atoms with E-state index in [-0.39, 0.29) is 22.0 Å². The van der Waals surface area contributed by atoms with E-state index in [1.165, 1.54) is 5.56 Å². The third-order valence-electron chi connectivity index (χ3n) is 3.98. The van der Waals surface area contributed by atoms with Crippen LogP contribution >= 0.6 is 22.9 Å². The lowest BCUT2D eigenvalue weighted by Crippen LogP contribution is -2.32. The molecule has 6 nitrogen and oxygen atoms in total. The molecule has 0 saturated carbocycles. The van der Waals surface area contributed by atoms with E-state index in [0.717, 1.165) is 24.2 Å². The number of carbonyl (C=O) groups excluding carboxylic acids is 2. The van der Waals surface area contributed by atoms with Crippen LogP contribution < -0.4 is 10.6 Å². The van der Waals surface area contributed by atoms with Crippen molar-refractivity contribution < 1.29 is 9.59 Å². The summed E-state index contributed by atoms with van der Waals surface area (Å²) in [5, 5.41) is 14.0. The molecule has 0 fully saturated rings. The third kappa shape index (κ3) is 5.61. The Balaban J connectivity index is 1.53. The molecule has 3 aromatic rings. The molecule has 0 aliphatic heterocycles. The number of nitrogens with zero attached hydrogens (tertiary/aromatic N) is 2. The molecular formula is C20H19ClN4O2S. The fourth-order valence-corrected chi connectivity index (χ4v) is 3.38. The van der Waals surface area contributed by atoms with Crippen LogP contribution in [0, 0.1) is 0 Å². The van der Waals surface area contributed by atoms with Crippen LogP contribution in [0.1, 0.15) is 38.5 Å². The van der Waals surface area contributed by atoms with Gasteiger partial charge in [-0.2, -0.15) is 0 Å². The SMILES string of the molecule is CC(CCc1ccccc1)NC(=O)c1nnc(C(=O)Nc2cccc(Cl)c2)s1. The number of carbonyl (C=O) groups is 2. The molecule has 144 valence electrons. The number of halogens is 1.